The fourth-order valence-electron chi connectivity index (χ4n) is 2.53. The molecule has 124 valence electrons. The summed E-state index contributed by atoms with van der Waals surface area (Å²) in [5.41, 5.74) is 9.84. The number of carbonyl (C=O) groups is 1. The molecule has 0 bridgehead atoms. The van der Waals surface area contributed by atoms with E-state index in [1.807, 2.05) is 73.7 Å². The minimum absolute atomic E-state index is 0.161. The lowest BCUT2D eigenvalue weighted by Crippen LogP contribution is -2.15. The average Bonchev–Trinajstić information content (AvgIpc) is 2.66. The summed E-state index contributed by atoms with van der Waals surface area (Å²) in [7, 11) is 0. The third kappa shape index (κ3) is 3.93. The van der Waals surface area contributed by atoms with Crippen LogP contribution in [-0.4, -0.2) is 11.8 Å². The van der Waals surface area contributed by atoms with E-state index in [2.05, 4.69) is 5.16 Å². The molecular formula is C21H18N2O2. The van der Waals surface area contributed by atoms with E-state index in [1.54, 1.807) is 12.1 Å². The van der Waals surface area contributed by atoms with Gasteiger partial charge in [0.1, 0.15) is 0 Å². The van der Waals surface area contributed by atoms with E-state index in [0.29, 0.717) is 11.1 Å². The molecule has 0 saturated carbocycles. The Morgan fingerprint density at radius 1 is 0.920 bits per heavy atom. The number of rotatable bonds is 4. The molecule has 0 heterocycles. The van der Waals surface area contributed by atoms with E-state index < -0.39 is 5.97 Å². The minimum atomic E-state index is -0.546. The van der Waals surface area contributed by atoms with Crippen molar-refractivity contribution in [3.8, 4) is 11.1 Å². The van der Waals surface area contributed by atoms with Crippen molar-refractivity contribution >= 4 is 11.8 Å². The van der Waals surface area contributed by atoms with Gasteiger partial charge in [-0.2, -0.15) is 0 Å². The normalized spacial score (nSPS) is 11.2. The van der Waals surface area contributed by atoms with E-state index in [1.165, 1.54) is 0 Å². The Balaban J connectivity index is 1.84. The van der Waals surface area contributed by atoms with Gasteiger partial charge in [-0.3, -0.25) is 0 Å². The lowest BCUT2D eigenvalue weighted by molar-refractivity contribution is 0.0517. The second kappa shape index (κ2) is 7.45. The van der Waals surface area contributed by atoms with Crippen LogP contribution < -0.4 is 5.73 Å². The van der Waals surface area contributed by atoms with Gasteiger partial charge in [0.05, 0.1) is 5.56 Å². The van der Waals surface area contributed by atoms with Crippen LogP contribution in [0.3, 0.4) is 0 Å². The number of hydrogen-bond donors (Lipinski definition) is 1. The largest absolute Gasteiger partial charge is 0.380 e. The summed E-state index contributed by atoms with van der Waals surface area (Å²) in [5, 5.41) is 3.79. The predicted octanol–water partition coefficient (Wildman–Crippen LogP) is 4.14. The monoisotopic (exact) mass is 330 g/mol. The van der Waals surface area contributed by atoms with Crippen molar-refractivity contribution in [3.63, 3.8) is 0 Å². The summed E-state index contributed by atoms with van der Waals surface area (Å²) >= 11 is 0. The zero-order chi connectivity index (χ0) is 17.6. The van der Waals surface area contributed by atoms with Gasteiger partial charge in [-0.15, -0.1) is 0 Å². The van der Waals surface area contributed by atoms with Gasteiger partial charge in [-0.05, 0) is 30.2 Å². The fourth-order valence-corrected chi connectivity index (χ4v) is 2.53. The van der Waals surface area contributed by atoms with Crippen molar-refractivity contribution in [2.24, 2.45) is 10.9 Å². The summed E-state index contributed by atoms with van der Waals surface area (Å²) in [6.07, 6.45) is 0. The Labute approximate surface area is 146 Å². The highest BCUT2D eigenvalue weighted by Gasteiger charge is 2.14. The SMILES string of the molecule is Cc1cccc(/C(N)=N\OC(=O)c2ccccc2-c2ccccc2)c1. The molecule has 0 fully saturated rings. The van der Waals surface area contributed by atoms with Crippen LogP contribution in [0.15, 0.2) is 84.0 Å². The summed E-state index contributed by atoms with van der Waals surface area (Å²) in [4.78, 5) is 17.5. The van der Waals surface area contributed by atoms with Crippen molar-refractivity contribution in [2.45, 2.75) is 6.92 Å². The fraction of sp³-hybridized carbons (Fsp3) is 0.0476. The number of aryl methyl sites for hydroxylation is 1. The highest BCUT2D eigenvalue weighted by Crippen LogP contribution is 2.24. The van der Waals surface area contributed by atoms with Crippen LogP contribution in [0.1, 0.15) is 21.5 Å². The maximum atomic E-state index is 12.5. The molecule has 0 radical (unpaired) electrons. The average molecular weight is 330 g/mol. The maximum absolute atomic E-state index is 12.5. The number of benzene rings is 3. The van der Waals surface area contributed by atoms with Crippen molar-refractivity contribution < 1.29 is 9.63 Å². The van der Waals surface area contributed by atoms with Crippen LogP contribution in [0.2, 0.25) is 0 Å². The van der Waals surface area contributed by atoms with Gasteiger partial charge < -0.3 is 10.6 Å². The number of carbonyl (C=O) groups excluding carboxylic acids is 1. The Hall–Kier alpha value is -3.40. The number of nitrogens with zero attached hydrogens (tertiary/aromatic N) is 1. The van der Waals surface area contributed by atoms with Gasteiger partial charge in [-0.25, -0.2) is 4.79 Å². The number of hydrogen-bond acceptors (Lipinski definition) is 3. The zero-order valence-electron chi connectivity index (χ0n) is 13.8. The number of nitrogens with two attached hydrogens (primary N) is 1. The Kier molecular flexibility index (Phi) is 4.90. The summed E-state index contributed by atoms with van der Waals surface area (Å²) in [6.45, 7) is 1.96. The molecule has 0 atom stereocenters. The smallest absolute Gasteiger partial charge is 0.366 e. The quantitative estimate of drug-likeness (QED) is 0.338. The van der Waals surface area contributed by atoms with E-state index in [0.717, 1.165) is 16.7 Å². The van der Waals surface area contributed by atoms with Crippen LogP contribution in [0.4, 0.5) is 0 Å². The maximum Gasteiger partial charge on any atom is 0.366 e. The zero-order valence-corrected chi connectivity index (χ0v) is 13.8. The van der Waals surface area contributed by atoms with E-state index in [9.17, 15) is 4.79 Å². The summed E-state index contributed by atoms with van der Waals surface area (Å²) in [6, 6.07) is 24.4. The molecule has 3 rings (SSSR count). The van der Waals surface area contributed by atoms with Crippen LogP contribution in [0.25, 0.3) is 11.1 Å². The first kappa shape index (κ1) is 16.5. The summed E-state index contributed by atoms with van der Waals surface area (Å²) < 4.78 is 0. The van der Waals surface area contributed by atoms with Gasteiger partial charge in [-0.1, -0.05) is 77.4 Å². The topological polar surface area (TPSA) is 64.7 Å². The van der Waals surface area contributed by atoms with Gasteiger partial charge in [0.25, 0.3) is 0 Å². The number of amidine groups is 1. The minimum Gasteiger partial charge on any atom is -0.380 e. The molecule has 0 aliphatic rings. The Bertz CT molecular complexity index is 918. The first-order valence-corrected chi connectivity index (χ1v) is 7.91. The van der Waals surface area contributed by atoms with Crippen molar-refractivity contribution in [3.05, 3.63) is 95.6 Å². The first-order valence-electron chi connectivity index (χ1n) is 7.91. The molecule has 2 N–H and O–H groups in total. The molecule has 0 saturated heterocycles. The van der Waals surface area contributed by atoms with Crippen LogP contribution >= 0.6 is 0 Å². The van der Waals surface area contributed by atoms with E-state index in [-0.39, 0.29) is 5.84 Å². The molecule has 4 heteroatoms. The first-order chi connectivity index (χ1) is 12.1. The van der Waals surface area contributed by atoms with Gasteiger partial charge in [0, 0.05) is 5.56 Å². The van der Waals surface area contributed by atoms with Gasteiger partial charge >= 0.3 is 5.97 Å². The second-order valence-electron chi connectivity index (χ2n) is 5.64. The molecule has 4 nitrogen and oxygen atoms in total. The van der Waals surface area contributed by atoms with Crippen molar-refractivity contribution in [1.29, 1.82) is 0 Å². The molecule has 0 aromatic heterocycles. The van der Waals surface area contributed by atoms with Crippen LogP contribution in [-0.2, 0) is 4.84 Å². The van der Waals surface area contributed by atoms with Gasteiger partial charge in [0.2, 0.25) is 0 Å². The van der Waals surface area contributed by atoms with E-state index >= 15 is 0 Å². The van der Waals surface area contributed by atoms with Crippen molar-refractivity contribution in [2.75, 3.05) is 0 Å². The molecule has 0 amide bonds. The molecule has 0 spiro atoms. The Morgan fingerprint density at radius 2 is 1.64 bits per heavy atom. The standard InChI is InChI=1S/C21H18N2O2/c1-15-8-7-11-17(14-15)20(22)23-25-21(24)19-13-6-5-12-18(19)16-9-3-2-4-10-16/h2-14H,1H3,(H2,22,23). The lowest BCUT2D eigenvalue weighted by Gasteiger charge is -2.07. The summed E-state index contributed by atoms with van der Waals surface area (Å²) in [5.74, 6) is -0.385. The molecule has 0 unspecified atom stereocenters. The molecule has 0 aliphatic carbocycles. The molecule has 25 heavy (non-hydrogen) atoms. The van der Waals surface area contributed by atoms with E-state index in [4.69, 9.17) is 10.6 Å². The van der Waals surface area contributed by atoms with Crippen LogP contribution in [0.5, 0.6) is 0 Å². The molecule has 0 aliphatic heterocycles. The highest BCUT2D eigenvalue weighted by atomic mass is 16.7. The highest BCUT2D eigenvalue weighted by molar-refractivity contribution is 6.00. The predicted molar refractivity (Wildman–Crippen MR) is 99.2 cm³/mol. The third-order valence-electron chi connectivity index (χ3n) is 3.77. The van der Waals surface area contributed by atoms with Gasteiger partial charge in [0.15, 0.2) is 5.84 Å². The molecule has 3 aromatic rings. The Morgan fingerprint density at radius 3 is 2.40 bits per heavy atom. The lowest BCUT2D eigenvalue weighted by atomic mass is 10.00. The molecular weight excluding hydrogens is 312 g/mol. The second-order valence-corrected chi connectivity index (χ2v) is 5.64. The molecule has 3 aromatic carbocycles. The van der Waals surface area contributed by atoms with Crippen LogP contribution in [0, 0.1) is 6.92 Å². The van der Waals surface area contributed by atoms with Crippen molar-refractivity contribution in [1.82, 2.24) is 0 Å². The third-order valence-corrected chi connectivity index (χ3v) is 3.77. The number of oxime groups is 1.